The molecule has 4 heteroatoms. The van der Waals surface area contributed by atoms with Gasteiger partial charge >= 0.3 is 0 Å². The monoisotopic (exact) mass is 249 g/mol. The number of hydrogen-bond donors (Lipinski definition) is 2. The quantitative estimate of drug-likeness (QED) is 0.793. The van der Waals surface area contributed by atoms with Crippen LogP contribution in [0.2, 0.25) is 0 Å². The van der Waals surface area contributed by atoms with Crippen LogP contribution in [0.1, 0.15) is 11.1 Å². The summed E-state index contributed by atoms with van der Waals surface area (Å²) >= 11 is 0. The molecule has 0 radical (unpaired) electrons. The largest absolute Gasteiger partial charge is 0.373 e. The number of benzene rings is 1. The fourth-order valence-electron chi connectivity index (χ4n) is 1.68. The van der Waals surface area contributed by atoms with Crippen molar-refractivity contribution in [2.75, 3.05) is 38.6 Å². The second kappa shape index (κ2) is 7.01. The van der Waals surface area contributed by atoms with Gasteiger partial charge in [0.05, 0.1) is 6.54 Å². The van der Waals surface area contributed by atoms with E-state index in [0.29, 0.717) is 13.1 Å². The van der Waals surface area contributed by atoms with Gasteiger partial charge in [0, 0.05) is 25.8 Å². The van der Waals surface area contributed by atoms with E-state index in [0.717, 1.165) is 6.54 Å². The average molecular weight is 249 g/mol. The standard InChI is InChI=1S/C14H23N3O/c1-11-5-6-13(9-12(11)2)17(4)8-7-16-14(18)10-15-3/h5-6,9,15H,7-8,10H2,1-4H3,(H,16,18). The van der Waals surface area contributed by atoms with Crippen molar-refractivity contribution in [2.45, 2.75) is 13.8 Å². The van der Waals surface area contributed by atoms with Crippen LogP contribution in [0.25, 0.3) is 0 Å². The molecule has 0 atom stereocenters. The minimum absolute atomic E-state index is 0.0333. The smallest absolute Gasteiger partial charge is 0.234 e. The summed E-state index contributed by atoms with van der Waals surface area (Å²) in [6.45, 7) is 6.05. The highest BCUT2D eigenvalue weighted by molar-refractivity contribution is 5.77. The Kier molecular flexibility index (Phi) is 5.65. The summed E-state index contributed by atoms with van der Waals surface area (Å²) in [5, 5.41) is 5.69. The molecule has 2 N–H and O–H groups in total. The topological polar surface area (TPSA) is 44.4 Å². The van der Waals surface area contributed by atoms with E-state index < -0.39 is 0 Å². The fraction of sp³-hybridized carbons (Fsp3) is 0.500. The molecule has 0 fully saturated rings. The van der Waals surface area contributed by atoms with Gasteiger partial charge in [0.2, 0.25) is 5.91 Å². The average Bonchev–Trinajstić information content (AvgIpc) is 2.33. The molecule has 1 rings (SSSR count). The van der Waals surface area contributed by atoms with Gasteiger partial charge in [-0.15, -0.1) is 0 Å². The molecule has 4 nitrogen and oxygen atoms in total. The summed E-state index contributed by atoms with van der Waals surface area (Å²) in [5.74, 6) is 0.0333. The van der Waals surface area contributed by atoms with Crippen LogP contribution in [-0.4, -0.2) is 39.6 Å². The number of rotatable bonds is 6. The van der Waals surface area contributed by atoms with Crippen molar-refractivity contribution >= 4 is 11.6 Å². The Morgan fingerprint density at radius 1 is 1.28 bits per heavy atom. The van der Waals surface area contributed by atoms with Gasteiger partial charge in [0.25, 0.3) is 0 Å². The van der Waals surface area contributed by atoms with E-state index >= 15 is 0 Å². The SMILES string of the molecule is CNCC(=O)NCCN(C)c1ccc(C)c(C)c1. The third-order valence-electron chi connectivity index (χ3n) is 3.04. The zero-order valence-electron chi connectivity index (χ0n) is 11.7. The molecule has 0 saturated heterocycles. The Balaban J connectivity index is 2.43. The molecule has 0 aliphatic rings. The van der Waals surface area contributed by atoms with Crippen LogP contribution in [-0.2, 0) is 4.79 Å². The van der Waals surface area contributed by atoms with E-state index in [4.69, 9.17) is 0 Å². The van der Waals surface area contributed by atoms with Crippen LogP contribution in [0.15, 0.2) is 18.2 Å². The van der Waals surface area contributed by atoms with E-state index in [-0.39, 0.29) is 5.91 Å². The van der Waals surface area contributed by atoms with Gasteiger partial charge in [-0.2, -0.15) is 0 Å². The zero-order valence-corrected chi connectivity index (χ0v) is 11.7. The van der Waals surface area contributed by atoms with Crippen molar-refractivity contribution in [1.82, 2.24) is 10.6 Å². The maximum atomic E-state index is 11.3. The van der Waals surface area contributed by atoms with Gasteiger partial charge < -0.3 is 15.5 Å². The normalized spacial score (nSPS) is 10.2. The summed E-state index contributed by atoms with van der Waals surface area (Å²) < 4.78 is 0. The first-order valence-corrected chi connectivity index (χ1v) is 6.24. The summed E-state index contributed by atoms with van der Waals surface area (Å²) in [4.78, 5) is 13.4. The van der Waals surface area contributed by atoms with E-state index in [9.17, 15) is 4.79 Å². The van der Waals surface area contributed by atoms with Crippen LogP contribution in [0, 0.1) is 13.8 Å². The van der Waals surface area contributed by atoms with Gasteiger partial charge in [-0.05, 0) is 44.2 Å². The lowest BCUT2D eigenvalue weighted by molar-refractivity contribution is -0.120. The van der Waals surface area contributed by atoms with Crippen LogP contribution in [0.3, 0.4) is 0 Å². The second-order valence-electron chi connectivity index (χ2n) is 4.57. The first kappa shape index (κ1) is 14.5. The molecule has 0 aliphatic heterocycles. The summed E-state index contributed by atoms with van der Waals surface area (Å²) in [7, 11) is 3.80. The Bertz CT molecular complexity index is 404. The number of carbonyl (C=O) groups excluding carboxylic acids is 1. The lowest BCUT2D eigenvalue weighted by atomic mass is 10.1. The molecule has 18 heavy (non-hydrogen) atoms. The van der Waals surface area contributed by atoms with Crippen molar-refractivity contribution < 1.29 is 4.79 Å². The molecule has 0 bridgehead atoms. The number of aryl methyl sites for hydroxylation is 2. The van der Waals surface area contributed by atoms with Crippen LogP contribution in [0.4, 0.5) is 5.69 Å². The van der Waals surface area contributed by atoms with Crippen molar-refractivity contribution in [2.24, 2.45) is 0 Å². The number of anilines is 1. The number of nitrogens with zero attached hydrogens (tertiary/aromatic N) is 1. The number of amides is 1. The van der Waals surface area contributed by atoms with Gasteiger partial charge in [0.1, 0.15) is 0 Å². The summed E-state index contributed by atoms with van der Waals surface area (Å²) in [5.41, 5.74) is 3.77. The molecule has 1 amide bonds. The number of likely N-dealkylation sites (N-methyl/N-ethyl adjacent to an activating group) is 2. The first-order chi connectivity index (χ1) is 8.54. The lowest BCUT2D eigenvalue weighted by Gasteiger charge is -2.20. The molecule has 0 heterocycles. The Hall–Kier alpha value is -1.55. The highest BCUT2D eigenvalue weighted by Crippen LogP contribution is 2.16. The molecule has 100 valence electrons. The number of nitrogens with one attached hydrogen (secondary N) is 2. The molecule has 0 spiro atoms. The number of carbonyl (C=O) groups is 1. The summed E-state index contributed by atoms with van der Waals surface area (Å²) in [6.07, 6.45) is 0. The predicted molar refractivity (Wildman–Crippen MR) is 76.1 cm³/mol. The maximum absolute atomic E-state index is 11.3. The first-order valence-electron chi connectivity index (χ1n) is 6.24. The van der Waals surface area contributed by atoms with Crippen LogP contribution >= 0.6 is 0 Å². The Morgan fingerprint density at radius 3 is 2.61 bits per heavy atom. The van der Waals surface area contributed by atoms with E-state index in [1.54, 1.807) is 7.05 Å². The van der Waals surface area contributed by atoms with E-state index in [2.05, 4.69) is 47.6 Å². The second-order valence-corrected chi connectivity index (χ2v) is 4.57. The summed E-state index contributed by atoms with van der Waals surface area (Å²) in [6, 6.07) is 6.41. The van der Waals surface area contributed by atoms with E-state index in [1.165, 1.54) is 16.8 Å². The minimum atomic E-state index is 0.0333. The van der Waals surface area contributed by atoms with Gasteiger partial charge in [-0.25, -0.2) is 0 Å². The van der Waals surface area contributed by atoms with Crippen molar-refractivity contribution in [3.05, 3.63) is 29.3 Å². The maximum Gasteiger partial charge on any atom is 0.234 e. The Morgan fingerprint density at radius 2 is 2.00 bits per heavy atom. The lowest BCUT2D eigenvalue weighted by Crippen LogP contribution is -2.37. The molecule has 0 aliphatic carbocycles. The van der Waals surface area contributed by atoms with Crippen LogP contribution < -0.4 is 15.5 Å². The highest BCUT2D eigenvalue weighted by atomic mass is 16.1. The van der Waals surface area contributed by atoms with Crippen LogP contribution in [0.5, 0.6) is 0 Å². The molecule has 1 aromatic rings. The number of hydrogen-bond acceptors (Lipinski definition) is 3. The molecule has 1 aromatic carbocycles. The van der Waals surface area contributed by atoms with Gasteiger partial charge in [-0.3, -0.25) is 4.79 Å². The molecular formula is C14H23N3O. The Labute approximate surface area is 109 Å². The third-order valence-corrected chi connectivity index (χ3v) is 3.04. The van der Waals surface area contributed by atoms with Gasteiger partial charge in [0.15, 0.2) is 0 Å². The molecule has 0 aromatic heterocycles. The van der Waals surface area contributed by atoms with Crippen molar-refractivity contribution in [3.8, 4) is 0 Å². The minimum Gasteiger partial charge on any atom is -0.373 e. The molecule has 0 unspecified atom stereocenters. The molecular weight excluding hydrogens is 226 g/mol. The molecule has 0 saturated carbocycles. The van der Waals surface area contributed by atoms with Gasteiger partial charge in [-0.1, -0.05) is 6.07 Å². The van der Waals surface area contributed by atoms with E-state index in [1.807, 2.05) is 7.05 Å². The highest BCUT2D eigenvalue weighted by Gasteiger charge is 2.03. The van der Waals surface area contributed by atoms with Crippen molar-refractivity contribution in [1.29, 1.82) is 0 Å². The fourth-order valence-corrected chi connectivity index (χ4v) is 1.68. The third kappa shape index (κ3) is 4.37. The predicted octanol–water partition coefficient (Wildman–Crippen LogP) is 1.08. The zero-order chi connectivity index (χ0) is 13.5. The van der Waals surface area contributed by atoms with Crippen molar-refractivity contribution in [3.63, 3.8) is 0 Å².